The second-order valence-corrected chi connectivity index (χ2v) is 6.92. The van der Waals surface area contributed by atoms with Crippen molar-refractivity contribution in [1.29, 1.82) is 0 Å². The van der Waals surface area contributed by atoms with Gasteiger partial charge in [-0.1, -0.05) is 13.8 Å². The van der Waals surface area contributed by atoms with Gasteiger partial charge < -0.3 is 10.2 Å². The lowest BCUT2D eigenvalue weighted by molar-refractivity contribution is 0.0756. The molecule has 0 aliphatic carbocycles. The monoisotopic (exact) mass is 338 g/mol. The number of likely N-dealkylation sites (tertiary alicyclic amines) is 1. The molecule has 3 rings (SSSR count). The molecule has 3 heterocycles. The molecule has 2 atom stereocenters. The molecular weight excluding hydrogens is 312 g/mol. The van der Waals surface area contributed by atoms with Crippen LogP contribution in [0.5, 0.6) is 0 Å². The topological polar surface area (TPSA) is 58.1 Å². The van der Waals surface area contributed by atoms with E-state index >= 15 is 0 Å². The van der Waals surface area contributed by atoms with E-state index in [1.807, 2.05) is 11.8 Å². The minimum absolute atomic E-state index is 0. The zero-order chi connectivity index (χ0) is 15.7. The Labute approximate surface area is 144 Å². The molecule has 0 spiro atoms. The average Bonchev–Trinajstić information content (AvgIpc) is 2.85. The summed E-state index contributed by atoms with van der Waals surface area (Å²) in [5.41, 5.74) is 1.56. The third-order valence-electron chi connectivity index (χ3n) is 5.02. The van der Waals surface area contributed by atoms with Gasteiger partial charge in [-0.25, -0.2) is 9.97 Å². The Kier molecular flexibility index (Phi) is 5.98. The lowest BCUT2D eigenvalue weighted by Gasteiger charge is -2.22. The van der Waals surface area contributed by atoms with E-state index in [0.29, 0.717) is 5.56 Å². The van der Waals surface area contributed by atoms with E-state index in [-0.39, 0.29) is 24.2 Å². The fourth-order valence-electron chi connectivity index (χ4n) is 3.68. The van der Waals surface area contributed by atoms with Crippen molar-refractivity contribution in [2.24, 2.45) is 11.8 Å². The minimum atomic E-state index is 0. The van der Waals surface area contributed by atoms with Crippen molar-refractivity contribution < 1.29 is 4.79 Å². The predicted molar refractivity (Wildman–Crippen MR) is 93.1 cm³/mol. The number of nitrogens with one attached hydrogen (secondary N) is 1. The summed E-state index contributed by atoms with van der Waals surface area (Å²) in [4.78, 5) is 23.7. The molecule has 1 amide bonds. The van der Waals surface area contributed by atoms with Crippen LogP contribution in [0.15, 0.2) is 6.20 Å². The molecule has 1 N–H and O–H groups in total. The molecule has 2 saturated heterocycles. The van der Waals surface area contributed by atoms with Crippen LogP contribution in [0.4, 0.5) is 0 Å². The summed E-state index contributed by atoms with van der Waals surface area (Å²) in [7, 11) is 0. The molecule has 2 fully saturated rings. The van der Waals surface area contributed by atoms with E-state index in [2.05, 4.69) is 29.1 Å². The first kappa shape index (κ1) is 18.1. The number of halogens is 1. The summed E-state index contributed by atoms with van der Waals surface area (Å²) in [5.74, 6) is 2.54. The number of aromatic nitrogens is 2. The number of fused-ring (bicyclic) bond motifs is 1. The lowest BCUT2D eigenvalue weighted by Crippen LogP contribution is -2.34. The van der Waals surface area contributed by atoms with Crippen LogP contribution in [-0.4, -0.2) is 47.0 Å². The van der Waals surface area contributed by atoms with Crippen molar-refractivity contribution in [2.75, 3.05) is 26.2 Å². The first-order valence-corrected chi connectivity index (χ1v) is 8.39. The van der Waals surface area contributed by atoms with Crippen molar-refractivity contribution in [3.63, 3.8) is 0 Å². The molecule has 1 aromatic heterocycles. The van der Waals surface area contributed by atoms with Crippen molar-refractivity contribution in [3.05, 3.63) is 23.3 Å². The SMILES string of the molecule is Cc1ncc(C(=O)N2CC[C@@H]3CNC[C@@H]3CC2)c(C(C)C)n1.Cl. The maximum atomic E-state index is 12.9. The number of rotatable bonds is 2. The van der Waals surface area contributed by atoms with Crippen LogP contribution < -0.4 is 5.32 Å². The highest BCUT2D eigenvalue weighted by atomic mass is 35.5. The maximum Gasteiger partial charge on any atom is 0.257 e. The molecule has 5 nitrogen and oxygen atoms in total. The molecule has 0 saturated carbocycles. The zero-order valence-electron chi connectivity index (χ0n) is 14.2. The molecule has 0 radical (unpaired) electrons. The first-order chi connectivity index (χ1) is 10.6. The van der Waals surface area contributed by atoms with Gasteiger partial charge in [0.05, 0.1) is 11.3 Å². The molecule has 6 heteroatoms. The Hall–Kier alpha value is -1.20. The summed E-state index contributed by atoms with van der Waals surface area (Å²) in [6.45, 7) is 9.96. The Bertz CT molecular complexity index is 550. The van der Waals surface area contributed by atoms with E-state index in [1.54, 1.807) is 6.20 Å². The van der Waals surface area contributed by atoms with E-state index < -0.39 is 0 Å². The van der Waals surface area contributed by atoms with Gasteiger partial charge in [-0.05, 0) is 50.6 Å². The smallest absolute Gasteiger partial charge is 0.257 e. The Balaban J connectivity index is 0.00000192. The van der Waals surface area contributed by atoms with Gasteiger partial charge in [0, 0.05) is 19.3 Å². The zero-order valence-corrected chi connectivity index (χ0v) is 15.0. The van der Waals surface area contributed by atoms with Crippen LogP contribution in [-0.2, 0) is 0 Å². The summed E-state index contributed by atoms with van der Waals surface area (Å²) >= 11 is 0. The normalized spacial score (nSPS) is 24.1. The van der Waals surface area contributed by atoms with Crippen molar-refractivity contribution in [2.45, 2.75) is 39.5 Å². The van der Waals surface area contributed by atoms with Gasteiger partial charge in [-0.3, -0.25) is 4.79 Å². The molecule has 1 aromatic rings. The molecule has 0 aromatic carbocycles. The molecular formula is C17H27ClN4O. The van der Waals surface area contributed by atoms with Crippen LogP contribution >= 0.6 is 12.4 Å². The summed E-state index contributed by atoms with van der Waals surface area (Å²) in [5, 5.41) is 3.47. The van der Waals surface area contributed by atoms with Crippen LogP contribution in [0.3, 0.4) is 0 Å². The quantitative estimate of drug-likeness (QED) is 0.899. The molecule has 2 aliphatic heterocycles. The van der Waals surface area contributed by atoms with Crippen LogP contribution in [0.25, 0.3) is 0 Å². The van der Waals surface area contributed by atoms with E-state index in [1.165, 1.54) is 0 Å². The third-order valence-corrected chi connectivity index (χ3v) is 5.02. The van der Waals surface area contributed by atoms with Crippen molar-refractivity contribution >= 4 is 18.3 Å². The largest absolute Gasteiger partial charge is 0.339 e. The number of hydrogen-bond donors (Lipinski definition) is 1. The standard InChI is InChI=1S/C17H26N4O.ClH/c1-11(2)16-15(10-19-12(3)20-16)17(22)21-6-4-13-8-18-9-14(13)5-7-21;/h10-11,13-14,18H,4-9H2,1-3H3;1H/t13-,14+;. The second-order valence-electron chi connectivity index (χ2n) is 6.92. The number of nitrogens with zero attached hydrogens (tertiary/aromatic N) is 3. The number of carbonyl (C=O) groups is 1. The van der Waals surface area contributed by atoms with Gasteiger partial charge in [0.1, 0.15) is 5.82 Å². The van der Waals surface area contributed by atoms with E-state index in [4.69, 9.17) is 0 Å². The maximum absolute atomic E-state index is 12.9. The highest BCUT2D eigenvalue weighted by Crippen LogP contribution is 2.28. The van der Waals surface area contributed by atoms with Gasteiger partial charge in [0.2, 0.25) is 0 Å². The Morgan fingerprint density at radius 1 is 1.26 bits per heavy atom. The van der Waals surface area contributed by atoms with Crippen LogP contribution in [0.2, 0.25) is 0 Å². The number of aryl methyl sites for hydroxylation is 1. The van der Waals surface area contributed by atoms with Crippen LogP contribution in [0.1, 0.15) is 54.5 Å². The molecule has 128 valence electrons. The van der Waals surface area contributed by atoms with Gasteiger partial charge in [0.15, 0.2) is 0 Å². The summed E-state index contributed by atoms with van der Waals surface area (Å²) in [6, 6.07) is 0. The highest BCUT2D eigenvalue weighted by molar-refractivity contribution is 5.95. The van der Waals surface area contributed by atoms with Crippen molar-refractivity contribution in [3.8, 4) is 0 Å². The second kappa shape index (κ2) is 7.58. The molecule has 23 heavy (non-hydrogen) atoms. The van der Waals surface area contributed by atoms with E-state index in [9.17, 15) is 4.79 Å². The fourth-order valence-corrected chi connectivity index (χ4v) is 3.68. The number of carbonyl (C=O) groups excluding carboxylic acids is 1. The third kappa shape index (κ3) is 3.83. The van der Waals surface area contributed by atoms with Gasteiger partial charge in [-0.15, -0.1) is 12.4 Å². The molecule has 0 unspecified atom stereocenters. The van der Waals surface area contributed by atoms with E-state index in [0.717, 1.165) is 62.4 Å². The van der Waals surface area contributed by atoms with Gasteiger partial charge in [-0.2, -0.15) is 0 Å². The minimum Gasteiger partial charge on any atom is -0.339 e. The number of hydrogen-bond acceptors (Lipinski definition) is 4. The first-order valence-electron chi connectivity index (χ1n) is 8.39. The van der Waals surface area contributed by atoms with Crippen LogP contribution in [0, 0.1) is 18.8 Å². The predicted octanol–water partition coefficient (Wildman–Crippen LogP) is 2.40. The fraction of sp³-hybridized carbons (Fsp3) is 0.706. The number of amides is 1. The van der Waals surface area contributed by atoms with Gasteiger partial charge in [0.25, 0.3) is 5.91 Å². The summed E-state index contributed by atoms with van der Waals surface area (Å²) in [6.07, 6.45) is 3.92. The molecule has 2 aliphatic rings. The van der Waals surface area contributed by atoms with Gasteiger partial charge >= 0.3 is 0 Å². The average molecular weight is 339 g/mol. The molecule has 0 bridgehead atoms. The summed E-state index contributed by atoms with van der Waals surface area (Å²) < 4.78 is 0. The highest BCUT2D eigenvalue weighted by Gasteiger charge is 2.32. The lowest BCUT2D eigenvalue weighted by atomic mass is 9.92. The Morgan fingerprint density at radius 2 is 1.87 bits per heavy atom. The Morgan fingerprint density at radius 3 is 2.43 bits per heavy atom. The van der Waals surface area contributed by atoms with Crippen molar-refractivity contribution in [1.82, 2.24) is 20.2 Å².